The standard InChI is InChI=1S/C25H24N4O8S/c1-14(16-3-5-17(6-4-16)22-15(2)26-13-38-22)27-23(30)21-11-20(12-28(21)24(31)32)37-25(33)36-19-9-7-18(8-10-19)29(34)35/h3-10,13-14,20-21H,11-12H2,1-2H3,(H,27,30)(H,31,32)/t14-,20?,21?/m0/s1. The highest BCUT2D eigenvalue weighted by Crippen LogP contribution is 2.29. The van der Waals surface area contributed by atoms with Gasteiger partial charge in [0.15, 0.2) is 0 Å². The largest absolute Gasteiger partial charge is 0.514 e. The third kappa shape index (κ3) is 6.06. The van der Waals surface area contributed by atoms with Crippen LogP contribution in [0, 0.1) is 17.0 Å². The number of rotatable bonds is 7. The van der Waals surface area contributed by atoms with Crippen molar-refractivity contribution in [3.8, 4) is 16.2 Å². The molecule has 0 aliphatic carbocycles. The van der Waals surface area contributed by atoms with Gasteiger partial charge in [-0.3, -0.25) is 19.8 Å². The van der Waals surface area contributed by atoms with Gasteiger partial charge in [-0.05, 0) is 37.1 Å². The zero-order valence-corrected chi connectivity index (χ0v) is 21.2. The lowest BCUT2D eigenvalue weighted by molar-refractivity contribution is -0.384. The van der Waals surface area contributed by atoms with Crippen molar-refractivity contribution in [1.82, 2.24) is 15.2 Å². The van der Waals surface area contributed by atoms with Gasteiger partial charge in [-0.1, -0.05) is 24.3 Å². The molecule has 38 heavy (non-hydrogen) atoms. The molecule has 1 aliphatic heterocycles. The molecule has 0 saturated carbocycles. The third-order valence-electron chi connectivity index (χ3n) is 6.10. The first-order chi connectivity index (χ1) is 18.1. The van der Waals surface area contributed by atoms with E-state index in [4.69, 9.17) is 9.47 Å². The van der Waals surface area contributed by atoms with E-state index in [9.17, 15) is 29.6 Å². The molecular formula is C25H24N4O8S. The van der Waals surface area contributed by atoms with Gasteiger partial charge >= 0.3 is 12.2 Å². The van der Waals surface area contributed by atoms with E-state index in [1.807, 2.05) is 31.2 Å². The molecule has 0 bridgehead atoms. The molecule has 1 saturated heterocycles. The fraction of sp³-hybridized carbons (Fsp3) is 0.280. The van der Waals surface area contributed by atoms with Crippen molar-refractivity contribution in [2.24, 2.45) is 0 Å². The number of aromatic nitrogens is 1. The van der Waals surface area contributed by atoms with Crippen molar-refractivity contribution < 1.29 is 33.9 Å². The maximum atomic E-state index is 13.0. The number of hydrogen-bond donors (Lipinski definition) is 2. The van der Waals surface area contributed by atoms with Crippen molar-refractivity contribution in [2.45, 2.75) is 38.5 Å². The molecule has 2 heterocycles. The number of non-ortho nitro benzene ring substituents is 1. The summed E-state index contributed by atoms with van der Waals surface area (Å²) in [6.45, 7) is 3.52. The number of nitro benzene ring substituents is 1. The Balaban J connectivity index is 1.35. The third-order valence-corrected chi connectivity index (χ3v) is 7.08. The van der Waals surface area contributed by atoms with Crippen molar-refractivity contribution >= 4 is 35.2 Å². The van der Waals surface area contributed by atoms with Crippen molar-refractivity contribution in [1.29, 1.82) is 0 Å². The Kier molecular flexibility index (Phi) is 7.86. The van der Waals surface area contributed by atoms with Crippen molar-refractivity contribution in [3.63, 3.8) is 0 Å². The van der Waals surface area contributed by atoms with Crippen LogP contribution in [0.3, 0.4) is 0 Å². The van der Waals surface area contributed by atoms with E-state index in [-0.39, 0.29) is 24.4 Å². The number of carboxylic acid groups (broad SMARTS) is 1. The quantitative estimate of drug-likeness (QED) is 0.190. The highest BCUT2D eigenvalue weighted by molar-refractivity contribution is 7.13. The summed E-state index contributed by atoms with van der Waals surface area (Å²) in [6.07, 6.45) is -3.40. The average molecular weight is 541 g/mol. The molecule has 0 radical (unpaired) electrons. The van der Waals surface area contributed by atoms with Crippen LogP contribution in [0.1, 0.15) is 30.6 Å². The molecule has 1 fully saturated rings. The Morgan fingerprint density at radius 2 is 1.87 bits per heavy atom. The number of aryl methyl sites for hydroxylation is 1. The zero-order valence-electron chi connectivity index (χ0n) is 20.4. The fourth-order valence-corrected chi connectivity index (χ4v) is 4.94. The molecule has 2 unspecified atom stereocenters. The molecule has 3 atom stereocenters. The van der Waals surface area contributed by atoms with Crippen LogP contribution in [-0.2, 0) is 9.53 Å². The van der Waals surface area contributed by atoms with Gasteiger partial charge in [-0.2, -0.15) is 0 Å². The highest BCUT2D eigenvalue weighted by atomic mass is 32.1. The van der Waals surface area contributed by atoms with Gasteiger partial charge in [0, 0.05) is 18.6 Å². The second-order valence-electron chi connectivity index (χ2n) is 8.65. The van der Waals surface area contributed by atoms with E-state index in [0.29, 0.717) is 0 Å². The van der Waals surface area contributed by atoms with Crippen LogP contribution in [0.15, 0.2) is 54.0 Å². The lowest BCUT2D eigenvalue weighted by Gasteiger charge is -2.23. The Bertz CT molecular complexity index is 1340. The Hall–Kier alpha value is -4.52. The SMILES string of the molecule is Cc1ncsc1-c1ccc([C@H](C)NC(=O)C2CC(OC(=O)Oc3ccc([N+](=O)[O-])cc3)CN2C(=O)O)cc1. The number of thiazole rings is 1. The summed E-state index contributed by atoms with van der Waals surface area (Å²) in [5.74, 6) is -0.495. The Labute approximate surface area is 221 Å². The lowest BCUT2D eigenvalue weighted by atomic mass is 10.0. The number of hydrogen-bond acceptors (Lipinski definition) is 9. The molecule has 1 aromatic heterocycles. The van der Waals surface area contributed by atoms with Crippen molar-refractivity contribution in [2.75, 3.05) is 6.54 Å². The van der Waals surface area contributed by atoms with E-state index >= 15 is 0 Å². The summed E-state index contributed by atoms with van der Waals surface area (Å²) in [4.78, 5) is 53.4. The number of nitrogens with zero attached hydrogens (tertiary/aromatic N) is 3. The van der Waals surface area contributed by atoms with Gasteiger partial charge in [0.25, 0.3) is 5.69 Å². The van der Waals surface area contributed by atoms with E-state index in [2.05, 4.69) is 10.3 Å². The van der Waals surface area contributed by atoms with Crippen LogP contribution in [-0.4, -0.2) is 56.8 Å². The molecule has 0 spiro atoms. The first-order valence-corrected chi connectivity index (χ1v) is 12.4. The highest BCUT2D eigenvalue weighted by Gasteiger charge is 2.42. The number of likely N-dealkylation sites (tertiary alicyclic amines) is 1. The van der Waals surface area contributed by atoms with Crippen LogP contribution in [0.2, 0.25) is 0 Å². The van der Waals surface area contributed by atoms with Crippen LogP contribution in [0.25, 0.3) is 10.4 Å². The topological polar surface area (TPSA) is 161 Å². The molecule has 2 N–H and O–H groups in total. The number of ether oxygens (including phenoxy) is 2. The molecule has 1 aliphatic rings. The monoisotopic (exact) mass is 540 g/mol. The lowest BCUT2D eigenvalue weighted by Crippen LogP contribution is -2.46. The summed E-state index contributed by atoms with van der Waals surface area (Å²) in [7, 11) is 0. The first kappa shape index (κ1) is 26.5. The first-order valence-electron chi connectivity index (χ1n) is 11.6. The normalized spacial score (nSPS) is 17.5. The smallest absolute Gasteiger partial charge is 0.465 e. The molecule has 2 amide bonds. The minimum atomic E-state index is -1.32. The molecule has 4 rings (SSSR count). The number of benzene rings is 2. The predicted octanol–water partition coefficient (Wildman–Crippen LogP) is 4.54. The molecule has 2 aromatic carbocycles. The summed E-state index contributed by atoms with van der Waals surface area (Å²) in [5.41, 5.74) is 4.40. The van der Waals surface area contributed by atoms with E-state index in [1.54, 1.807) is 23.8 Å². The van der Waals surface area contributed by atoms with Gasteiger partial charge in [0.2, 0.25) is 5.91 Å². The maximum Gasteiger partial charge on any atom is 0.514 e. The Morgan fingerprint density at radius 1 is 1.18 bits per heavy atom. The average Bonchev–Trinajstić information content (AvgIpc) is 3.50. The second kappa shape index (κ2) is 11.3. The zero-order chi connectivity index (χ0) is 27.4. The maximum absolute atomic E-state index is 13.0. The molecular weight excluding hydrogens is 516 g/mol. The number of carbonyl (C=O) groups excluding carboxylic acids is 2. The van der Waals surface area contributed by atoms with Crippen LogP contribution >= 0.6 is 11.3 Å². The van der Waals surface area contributed by atoms with Gasteiger partial charge in [0.05, 0.1) is 33.6 Å². The summed E-state index contributed by atoms with van der Waals surface area (Å²) in [5, 5.41) is 23.2. The number of nitro groups is 1. The molecule has 3 aromatic rings. The van der Waals surface area contributed by atoms with Gasteiger partial charge in [-0.15, -0.1) is 11.3 Å². The number of amides is 2. The van der Waals surface area contributed by atoms with Crippen LogP contribution < -0.4 is 10.1 Å². The van der Waals surface area contributed by atoms with E-state index < -0.39 is 41.3 Å². The van der Waals surface area contributed by atoms with E-state index in [1.165, 1.54) is 24.3 Å². The molecule has 13 heteroatoms. The van der Waals surface area contributed by atoms with E-state index in [0.717, 1.165) is 26.6 Å². The van der Waals surface area contributed by atoms with Crippen molar-refractivity contribution in [3.05, 3.63) is 75.4 Å². The van der Waals surface area contributed by atoms with Gasteiger partial charge < -0.3 is 19.9 Å². The summed E-state index contributed by atoms with van der Waals surface area (Å²) in [6, 6.07) is 11.0. The number of nitrogens with one attached hydrogen (secondary N) is 1. The van der Waals surface area contributed by atoms with Gasteiger partial charge in [0.1, 0.15) is 17.9 Å². The number of carbonyl (C=O) groups is 3. The fourth-order valence-electron chi connectivity index (χ4n) is 4.13. The molecule has 198 valence electrons. The second-order valence-corrected chi connectivity index (χ2v) is 9.50. The summed E-state index contributed by atoms with van der Waals surface area (Å²) >= 11 is 1.54. The Morgan fingerprint density at radius 3 is 2.45 bits per heavy atom. The van der Waals surface area contributed by atoms with Crippen LogP contribution in [0.4, 0.5) is 15.3 Å². The summed E-state index contributed by atoms with van der Waals surface area (Å²) < 4.78 is 10.2. The van der Waals surface area contributed by atoms with Gasteiger partial charge in [-0.25, -0.2) is 14.6 Å². The predicted molar refractivity (Wildman–Crippen MR) is 136 cm³/mol. The minimum absolute atomic E-state index is 0.0216. The minimum Gasteiger partial charge on any atom is -0.465 e. The van der Waals surface area contributed by atoms with Crippen LogP contribution in [0.5, 0.6) is 5.75 Å². The molecule has 12 nitrogen and oxygen atoms in total.